The van der Waals surface area contributed by atoms with E-state index in [0.29, 0.717) is 12.3 Å². The highest BCUT2D eigenvalue weighted by atomic mass is 35.5. The van der Waals surface area contributed by atoms with Crippen LogP contribution in [-0.4, -0.2) is 11.2 Å². The summed E-state index contributed by atoms with van der Waals surface area (Å²) in [6, 6.07) is 4.70. The molecule has 1 fully saturated rings. The maximum atomic E-state index is 13.1. The molecule has 2 rings (SSSR count). The van der Waals surface area contributed by atoms with Crippen molar-refractivity contribution in [1.29, 1.82) is 0 Å². The van der Waals surface area contributed by atoms with Crippen LogP contribution in [0.5, 0.6) is 0 Å². The van der Waals surface area contributed by atoms with Crippen LogP contribution in [-0.2, 0) is 6.42 Å². The Labute approximate surface area is 119 Å². The van der Waals surface area contributed by atoms with Crippen molar-refractivity contribution in [2.75, 3.05) is 0 Å². The molecule has 0 amide bonds. The second-order valence-electron chi connectivity index (χ2n) is 5.70. The van der Waals surface area contributed by atoms with E-state index in [-0.39, 0.29) is 11.1 Å². The number of benzene rings is 1. The molecule has 0 saturated heterocycles. The van der Waals surface area contributed by atoms with E-state index in [4.69, 9.17) is 11.6 Å². The van der Waals surface area contributed by atoms with Crippen LogP contribution in [0.25, 0.3) is 0 Å². The molecule has 1 aromatic rings. The van der Waals surface area contributed by atoms with Crippen molar-refractivity contribution < 1.29 is 9.50 Å². The van der Waals surface area contributed by atoms with Crippen molar-refractivity contribution in [3.63, 3.8) is 0 Å². The molecule has 0 heterocycles. The predicted octanol–water partition coefficient (Wildman–Crippen LogP) is 4.74. The van der Waals surface area contributed by atoms with Crippen LogP contribution in [0, 0.1) is 11.7 Å². The fraction of sp³-hybridized carbons (Fsp3) is 0.625. The average molecular weight is 285 g/mol. The minimum atomic E-state index is -0.399. The van der Waals surface area contributed by atoms with Crippen LogP contribution in [0.3, 0.4) is 0 Å². The van der Waals surface area contributed by atoms with Gasteiger partial charge in [0.2, 0.25) is 0 Å². The van der Waals surface area contributed by atoms with Gasteiger partial charge in [0, 0.05) is 0 Å². The molecule has 1 aliphatic rings. The van der Waals surface area contributed by atoms with Crippen molar-refractivity contribution in [1.82, 2.24) is 0 Å². The third-order valence-corrected chi connectivity index (χ3v) is 4.33. The first-order chi connectivity index (χ1) is 9.15. The Morgan fingerprint density at radius 3 is 2.53 bits per heavy atom. The lowest BCUT2D eigenvalue weighted by atomic mass is 9.91. The van der Waals surface area contributed by atoms with Gasteiger partial charge in [0.25, 0.3) is 0 Å². The second kappa shape index (κ2) is 7.25. The van der Waals surface area contributed by atoms with Gasteiger partial charge in [-0.1, -0.05) is 56.2 Å². The Morgan fingerprint density at radius 2 is 1.89 bits per heavy atom. The minimum Gasteiger partial charge on any atom is -0.393 e. The lowest BCUT2D eigenvalue weighted by Gasteiger charge is -2.18. The maximum Gasteiger partial charge on any atom is 0.141 e. The topological polar surface area (TPSA) is 20.2 Å². The fourth-order valence-electron chi connectivity index (χ4n) is 3.01. The third kappa shape index (κ3) is 4.77. The van der Waals surface area contributed by atoms with Crippen molar-refractivity contribution in [3.8, 4) is 0 Å². The highest BCUT2D eigenvalue weighted by Gasteiger charge is 2.17. The average Bonchev–Trinajstić information content (AvgIpc) is 2.62. The van der Waals surface area contributed by atoms with Crippen LogP contribution < -0.4 is 0 Å². The zero-order valence-electron chi connectivity index (χ0n) is 11.2. The summed E-state index contributed by atoms with van der Waals surface area (Å²) in [5.74, 6) is 0.247. The normalized spacial score (nSPS) is 19.1. The zero-order valence-corrected chi connectivity index (χ0v) is 12.0. The molecule has 1 unspecified atom stereocenters. The van der Waals surface area contributed by atoms with Gasteiger partial charge < -0.3 is 5.11 Å². The molecule has 0 aliphatic heterocycles. The molecular weight excluding hydrogens is 263 g/mol. The largest absolute Gasteiger partial charge is 0.393 e. The molecular formula is C16H22ClFO. The number of halogens is 2. The van der Waals surface area contributed by atoms with E-state index in [1.807, 2.05) is 0 Å². The van der Waals surface area contributed by atoms with E-state index >= 15 is 0 Å². The van der Waals surface area contributed by atoms with Crippen molar-refractivity contribution >= 4 is 11.6 Å². The van der Waals surface area contributed by atoms with Gasteiger partial charge in [0.1, 0.15) is 5.82 Å². The van der Waals surface area contributed by atoms with Crippen molar-refractivity contribution in [2.45, 2.75) is 57.5 Å². The lowest BCUT2D eigenvalue weighted by Crippen LogP contribution is -2.16. The van der Waals surface area contributed by atoms with Gasteiger partial charge in [-0.05, 0) is 36.5 Å². The molecule has 106 valence electrons. The van der Waals surface area contributed by atoms with Gasteiger partial charge in [0.05, 0.1) is 11.1 Å². The number of hydrogen-bond donors (Lipinski definition) is 1. The Bertz CT molecular complexity index is 400. The smallest absolute Gasteiger partial charge is 0.141 e. The molecule has 0 spiro atoms. The van der Waals surface area contributed by atoms with Gasteiger partial charge in [-0.25, -0.2) is 4.39 Å². The molecule has 19 heavy (non-hydrogen) atoms. The Hall–Kier alpha value is -0.600. The van der Waals surface area contributed by atoms with Gasteiger partial charge >= 0.3 is 0 Å². The molecule has 0 radical (unpaired) electrons. The Balaban J connectivity index is 1.85. The number of aliphatic hydroxyl groups is 1. The van der Waals surface area contributed by atoms with Gasteiger partial charge in [-0.15, -0.1) is 0 Å². The lowest BCUT2D eigenvalue weighted by molar-refractivity contribution is 0.137. The highest BCUT2D eigenvalue weighted by molar-refractivity contribution is 6.30. The van der Waals surface area contributed by atoms with E-state index < -0.39 is 5.82 Å². The first kappa shape index (κ1) is 14.8. The van der Waals surface area contributed by atoms with E-state index in [9.17, 15) is 9.50 Å². The van der Waals surface area contributed by atoms with Crippen LogP contribution in [0.2, 0.25) is 5.02 Å². The molecule has 0 bridgehead atoms. The zero-order chi connectivity index (χ0) is 13.7. The van der Waals surface area contributed by atoms with Crippen molar-refractivity contribution in [2.24, 2.45) is 5.92 Å². The summed E-state index contributed by atoms with van der Waals surface area (Å²) in [4.78, 5) is 0. The van der Waals surface area contributed by atoms with Gasteiger partial charge in [-0.2, -0.15) is 0 Å². The summed E-state index contributed by atoms with van der Waals surface area (Å²) in [6.07, 6.45) is 8.80. The summed E-state index contributed by atoms with van der Waals surface area (Å²) in [5.41, 5.74) is 0.910. The molecule has 1 nitrogen and oxygen atoms in total. The summed E-state index contributed by atoms with van der Waals surface area (Å²) in [6.45, 7) is 0. The van der Waals surface area contributed by atoms with E-state index in [2.05, 4.69) is 0 Å². The quantitative estimate of drug-likeness (QED) is 0.792. The molecule has 3 heteroatoms. The minimum absolute atomic E-state index is 0.138. The second-order valence-corrected chi connectivity index (χ2v) is 6.11. The summed E-state index contributed by atoms with van der Waals surface area (Å²) in [7, 11) is 0. The fourth-order valence-corrected chi connectivity index (χ4v) is 3.21. The number of rotatable bonds is 4. The van der Waals surface area contributed by atoms with Crippen molar-refractivity contribution in [3.05, 3.63) is 34.6 Å². The number of aliphatic hydroxyl groups excluding tert-OH is 1. The molecule has 1 aromatic carbocycles. The molecule has 1 atom stereocenters. The van der Waals surface area contributed by atoms with Crippen LogP contribution in [0.1, 0.15) is 50.5 Å². The summed E-state index contributed by atoms with van der Waals surface area (Å²) < 4.78 is 13.1. The SMILES string of the molecule is OC(Cc1ccc(F)c(Cl)c1)CC1CCCCCC1. The first-order valence-electron chi connectivity index (χ1n) is 7.27. The predicted molar refractivity (Wildman–Crippen MR) is 76.9 cm³/mol. The maximum absolute atomic E-state index is 13.1. The monoisotopic (exact) mass is 284 g/mol. The summed E-state index contributed by atoms with van der Waals surface area (Å²) in [5, 5.41) is 10.3. The standard InChI is InChI=1S/C16H22ClFO/c17-15-11-13(7-8-16(15)18)10-14(19)9-12-5-3-1-2-4-6-12/h7-8,11-12,14,19H,1-6,9-10H2. The van der Waals surface area contributed by atoms with E-state index in [1.54, 1.807) is 12.1 Å². The summed E-state index contributed by atoms with van der Waals surface area (Å²) >= 11 is 5.75. The molecule has 0 aromatic heterocycles. The Kier molecular flexibility index (Phi) is 5.65. The molecule has 1 saturated carbocycles. The Morgan fingerprint density at radius 1 is 1.21 bits per heavy atom. The van der Waals surface area contributed by atoms with E-state index in [0.717, 1.165) is 12.0 Å². The van der Waals surface area contributed by atoms with Crippen LogP contribution in [0.15, 0.2) is 18.2 Å². The molecule has 1 N–H and O–H groups in total. The number of hydrogen-bond acceptors (Lipinski definition) is 1. The van der Waals surface area contributed by atoms with Gasteiger partial charge in [-0.3, -0.25) is 0 Å². The van der Waals surface area contributed by atoms with Crippen LogP contribution in [0.4, 0.5) is 4.39 Å². The van der Waals surface area contributed by atoms with Crippen LogP contribution >= 0.6 is 11.6 Å². The molecule has 1 aliphatic carbocycles. The van der Waals surface area contributed by atoms with E-state index in [1.165, 1.54) is 44.6 Å². The third-order valence-electron chi connectivity index (χ3n) is 4.04. The van der Waals surface area contributed by atoms with Gasteiger partial charge in [0.15, 0.2) is 0 Å². The first-order valence-corrected chi connectivity index (χ1v) is 7.65. The highest BCUT2D eigenvalue weighted by Crippen LogP contribution is 2.27.